The van der Waals surface area contributed by atoms with Gasteiger partial charge < -0.3 is 4.90 Å². The predicted octanol–water partition coefficient (Wildman–Crippen LogP) is 1.92. The summed E-state index contributed by atoms with van der Waals surface area (Å²) in [6.45, 7) is 4.55. The normalized spacial score (nSPS) is 17.2. The zero-order valence-electron chi connectivity index (χ0n) is 9.85. The van der Waals surface area contributed by atoms with Crippen molar-refractivity contribution in [2.45, 2.75) is 39.2 Å². The van der Waals surface area contributed by atoms with Crippen LogP contribution in [0.4, 0.5) is 0 Å². The third-order valence-corrected chi connectivity index (χ3v) is 3.13. The molecule has 2 heterocycles. The average Bonchev–Trinajstić information content (AvgIpc) is 2.61. The Morgan fingerprint density at radius 1 is 1.31 bits per heavy atom. The number of carbonyl (C=O) groups is 1. The van der Waals surface area contributed by atoms with Crippen LogP contribution in [0.25, 0.3) is 0 Å². The van der Waals surface area contributed by atoms with Gasteiger partial charge in [-0.1, -0.05) is 12.8 Å². The molecule has 1 amide bonds. The summed E-state index contributed by atoms with van der Waals surface area (Å²) < 4.78 is 1.77. The molecule has 1 aliphatic rings. The largest absolute Gasteiger partial charge is 0.337 e. The molecular weight excluding hydrogens is 202 g/mol. The van der Waals surface area contributed by atoms with Gasteiger partial charge in [0.05, 0.1) is 0 Å². The number of nitrogens with zero attached hydrogens (tertiary/aromatic N) is 3. The Morgan fingerprint density at radius 3 is 2.62 bits per heavy atom. The summed E-state index contributed by atoms with van der Waals surface area (Å²) in [4.78, 5) is 14.2. The first kappa shape index (κ1) is 11.2. The van der Waals surface area contributed by atoms with Gasteiger partial charge in [0.1, 0.15) is 5.69 Å². The monoisotopic (exact) mass is 221 g/mol. The van der Waals surface area contributed by atoms with E-state index in [0.29, 0.717) is 0 Å². The van der Waals surface area contributed by atoms with E-state index in [2.05, 4.69) is 5.10 Å². The van der Waals surface area contributed by atoms with Crippen LogP contribution >= 0.6 is 0 Å². The summed E-state index contributed by atoms with van der Waals surface area (Å²) in [5, 5.41) is 4.14. The van der Waals surface area contributed by atoms with Gasteiger partial charge in [-0.3, -0.25) is 9.48 Å². The van der Waals surface area contributed by atoms with E-state index >= 15 is 0 Å². The molecule has 88 valence electrons. The predicted molar refractivity (Wildman–Crippen MR) is 62.3 cm³/mol. The van der Waals surface area contributed by atoms with E-state index in [4.69, 9.17) is 0 Å². The minimum Gasteiger partial charge on any atom is -0.337 e. The first-order valence-corrected chi connectivity index (χ1v) is 6.14. The van der Waals surface area contributed by atoms with Crippen LogP contribution in [0.1, 0.15) is 43.1 Å². The van der Waals surface area contributed by atoms with E-state index in [1.807, 2.05) is 17.9 Å². The van der Waals surface area contributed by atoms with Crippen LogP contribution in [0, 0.1) is 0 Å². The van der Waals surface area contributed by atoms with Crippen LogP contribution in [0.3, 0.4) is 0 Å². The van der Waals surface area contributed by atoms with Gasteiger partial charge in [0.15, 0.2) is 0 Å². The molecule has 0 bridgehead atoms. The number of hydrogen-bond donors (Lipinski definition) is 0. The third kappa shape index (κ3) is 2.26. The molecule has 0 aliphatic carbocycles. The zero-order chi connectivity index (χ0) is 11.4. The third-order valence-electron chi connectivity index (χ3n) is 3.13. The first-order valence-electron chi connectivity index (χ1n) is 6.14. The Balaban J connectivity index is 2.11. The lowest BCUT2D eigenvalue weighted by Gasteiger charge is -2.20. The summed E-state index contributed by atoms with van der Waals surface area (Å²) in [6.07, 6.45) is 6.46. The standard InChI is InChI=1S/C12H19N3O/c1-2-15-11(7-8-13-15)12(16)14-9-5-3-4-6-10-14/h7-8H,2-6,9-10H2,1H3. The number of amides is 1. The minimum atomic E-state index is 0.140. The lowest BCUT2D eigenvalue weighted by atomic mass is 10.2. The number of aromatic nitrogens is 2. The SMILES string of the molecule is CCn1nccc1C(=O)N1CCCCCC1. The van der Waals surface area contributed by atoms with Crippen LogP contribution in [0.15, 0.2) is 12.3 Å². The second-order valence-electron chi connectivity index (χ2n) is 4.24. The van der Waals surface area contributed by atoms with Crippen LogP contribution in [-0.4, -0.2) is 33.7 Å². The Kier molecular flexibility index (Phi) is 3.59. The maximum absolute atomic E-state index is 12.3. The Morgan fingerprint density at radius 2 is 2.00 bits per heavy atom. The molecule has 0 saturated carbocycles. The Bertz CT molecular complexity index is 351. The molecule has 0 N–H and O–H groups in total. The molecule has 16 heavy (non-hydrogen) atoms. The fraction of sp³-hybridized carbons (Fsp3) is 0.667. The van der Waals surface area contributed by atoms with Crippen molar-refractivity contribution in [2.75, 3.05) is 13.1 Å². The topological polar surface area (TPSA) is 38.1 Å². The highest BCUT2D eigenvalue weighted by atomic mass is 16.2. The lowest BCUT2D eigenvalue weighted by molar-refractivity contribution is 0.0749. The maximum atomic E-state index is 12.3. The van der Waals surface area contributed by atoms with Gasteiger partial charge in [-0.15, -0.1) is 0 Å². The number of rotatable bonds is 2. The van der Waals surface area contributed by atoms with Crippen LogP contribution in [0.2, 0.25) is 0 Å². The molecule has 1 aliphatic heterocycles. The van der Waals surface area contributed by atoms with Crippen molar-refractivity contribution in [1.29, 1.82) is 0 Å². The zero-order valence-corrected chi connectivity index (χ0v) is 9.85. The van der Waals surface area contributed by atoms with Crippen LogP contribution in [0.5, 0.6) is 0 Å². The maximum Gasteiger partial charge on any atom is 0.272 e. The summed E-state index contributed by atoms with van der Waals surface area (Å²) >= 11 is 0. The summed E-state index contributed by atoms with van der Waals surface area (Å²) in [5.74, 6) is 0.140. The van der Waals surface area contributed by atoms with Crippen molar-refractivity contribution in [3.05, 3.63) is 18.0 Å². The highest BCUT2D eigenvalue weighted by molar-refractivity contribution is 5.92. The van der Waals surface area contributed by atoms with Gasteiger partial charge in [-0.05, 0) is 25.8 Å². The van der Waals surface area contributed by atoms with Gasteiger partial charge in [0.25, 0.3) is 5.91 Å². The average molecular weight is 221 g/mol. The van der Waals surface area contributed by atoms with Crippen molar-refractivity contribution in [2.24, 2.45) is 0 Å². The molecule has 1 aromatic heterocycles. The Hall–Kier alpha value is -1.32. The van der Waals surface area contributed by atoms with Crippen molar-refractivity contribution in [3.8, 4) is 0 Å². The van der Waals surface area contributed by atoms with Crippen molar-refractivity contribution < 1.29 is 4.79 Å². The molecule has 1 fully saturated rings. The van der Waals surface area contributed by atoms with Gasteiger partial charge in [0, 0.05) is 25.8 Å². The summed E-state index contributed by atoms with van der Waals surface area (Å²) in [6, 6.07) is 1.82. The second kappa shape index (κ2) is 5.14. The van der Waals surface area contributed by atoms with Crippen molar-refractivity contribution in [1.82, 2.24) is 14.7 Å². The van der Waals surface area contributed by atoms with Gasteiger partial charge in [-0.2, -0.15) is 5.10 Å². The highest BCUT2D eigenvalue weighted by Gasteiger charge is 2.19. The summed E-state index contributed by atoms with van der Waals surface area (Å²) in [7, 11) is 0. The van der Waals surface area contributed by atoms with E-state index in [9.17, 15) is 4.79 Å². The number of carbonyl (C=O) groups excluding carboxylic acids is 1. The summed E-state index contributed by atoms with van der Waals surface area (Å²) in [5.41, 5.74) is 0.726. The van der Waals surface area contributed by atoms with Gasteiger partial charge >= 0.3 is 0 Å². The van der Waals surface area contributed by atoms with Crippen molar-refractivity contribution in [3.63, 3.8) is 0 Å². The minimum absolute atomic E-state index is 0.140. The molecule has 4 heteroatoms. The van der Waals surface area contributed by atoms with E-state index in [0.717, 1.165) is 38.2 Å². The van der Waals surface area contributed by atoms with Crippen molar-refractivity contribution >= 4 is 5.91 Å². The molecule has 1 saturated heterocycles. The number of hydrogen-bond acceptors (Lipinski definition) is 2. The fourth-order valence-corrected chi connectivity index (χ4v) is 2.20. The molecule has 0 radical (unpaired) electrons. The molecule has 0 atom stereocenters. The molecule has 2 rings (SSSR count). The first-order chi connectivity index (χ1) is 7.83. The molecule has 0 spiro atoms. The second-order valence-corrected chi connectivity index (χ2v) is 4.24. The van der Waals surface area contributed by atoms with E-state index < -0.39 is 0 Å². The van der Waals surface area contributed by atoms with Gasteiger partial charge in [0.2, 0.25) is 0 Å². The number of aryl methyl sites for hydroxylation is 1. The molecule has 4 nitrogen and oxygen atoms in total. The van der Waals surface area contributed by atoms with Crippen LogP contribution in [-0.2, 0) is 6.54 Å². The van der Waals surface area contributed by atoms with E-state index in [1.54, 1.807) is 10.9 Å². The molecular formula is C12H19N3O. The fourth-order valence-electron chi connectivity index (χ4n) is 2.20. The lowest BCUT2D eigenvalue weighted by Crippen LogP contribution is -2.33. The smallest absolute Gasteiger partial charge is 0.272 e. The quantitative estimate of drug-likeness (QED) is 0.765. The van der Waals surface area contributed by atoms with Gasteiger partial charge in [-0.25, -0.2) is 0 Å². The molecule has 1 aromatic rings. The highest BCUT2D eigenvalue weighted by Crippen LogP contribution is 2.13. The Labute approximate surface area is 96.2 Å². The van der Waals surface area contributed by atoms with E-state index in [-0.39, 0.29) is 5.91 Å². The van der Waals surface area contributed by atoms with Crippen LogP contribution < -0.4 is 0 Å². The molecule has 0 aromatic carbocycles. The number of likely N-dealkylation sites (tertiary alicyclic amines) is 1. The molecule has 0 unspecified atom stereocenters. The van der Waals surface area contributed by atoms with E-state index in [1.165, 1.54) is 12.8 Å².